The normalized spacial score (nSPS) is 14.4. The molecule has 0 spiro atoms. The summed E-state index contributed by atoms with van der Waals surface area (Å²) >= 11 is 0. The Labute approximate surface area is 208 Å². The van der Waals surface area contributed by atoms with Crippen LogP contribution in [0, 0.1) is 6.92 Å². The molecule has 0 radical (unpaired) electrons. The summed E-state index contributed by atoms with van der Waals surface area (Å²) in [5.74, 6) is 3.34. The van der Waals surface area contributed by atoms with Crippen LogP contribution in [0.4, 0.5) is 11.6 Å². The third-order valence-electron chi connectivity index (χ3n) is 6.81. The van der Waals surface area contributed by atoms with Gasteiger partial charge < -0.3 is 23.6 Å². The van der Waals surface area contributed by atoms with Gasteiger partial charge in [0.25, 0.3) is 0 Å². The van der Waals surface area contributed by atoms with E-state index in [2.05, 4.69) is 36.1 Å². The van der Waals surface area contributed by atoms with E-state index in [0.717, 1.165) is 52.4 Å². The molecule has 1 saturated carbocycles. The third kappa shape index (κ3) is 3.98. The van der Waals surface area contributed by atoms with E-state index in [1.165, 1.54) is 19.3 Å². The van der Waals surface area contributed by atoms with Gasteiger partial charge in [-0.1, -0.05) is 19.3 Å². The summed E-state index contributed by atoms with van der Waals surface area (Å²) in [6, 6.07) is 8.31. The minimum Gasteiger partial charge on any atom is -0.495 e. The Balaban J connectivity index is 1.39. The Morgan fingerprint density at radius 2 is 1.94 bits per heavy atom. The summed E-state index contributed by atoms with van der Waals surface area (Å²) in [4.78, 5) is 13.9. The van der Waals surface area contributed by atoms with Gasteiger partial charge in [-0.3, -0.25) is 0 Å². The van der Waals surface area contributed by atoms with E-state index in [1.807, 2.05) is 42.9 Å². The van der Waals surface area contributed by atoms with Crippen LogP contribution in [0.5, 0.6) is 5.75 Å². The third-order valence-corrected chi connectivity index (χ3v) is 6.81. The summed E-state index contributed by atoms with van der Waals surface area (Å²) in [6.07, 6.45) is 11.3. The highest BCUT2D eigenvalue weighted by molar-refractivity contribution is 5.84. The summed E-state index contributed by atoms with van der Waals surface area (Å²) in [5, 5.41) is 12.5. The van der Waals surface area contributed by atoms with Crippen molar-refractivity contribution in [1.82, 2.24) is 34.3 Å². The summed E-state index contributed by atoms with van der Waals surface area (Å²) in [5.41, 5.74) is 3.56. The maximum absolute atomic E-state index is 5.91. The molecule has 4 heterocycles. The van der Waals surface area contributed by atoms with Gasteiger partial charge in [0.1, 0.15) is 17.7 Å². The second kappa shape index (κ2) is 9.10. The number of nitrogens with zero attached hydrogens (tertiary/aromatic N) is 7. The fourth-order valence-electron chi connectivity index (χ4n) is 5.05. The van der Waals surface area contributed by atoms with Crippen LogP contribution in [-0.4, -0.2) is 41.4 Å². The van der Waals surface area contributed by atoms with Gasteiger partial charge in [-0.25, -0.2) is 9.97 Å². The molecule has 4 aromatic heterocycles. The number of nitrogens with one attached hydrogen (secondary N) is 1. The first-order chi connectivity index (χ1) is 17.6. The first kappa shape index (κ1) is 22.3. The van der Waals surface area contributed by atoms with Crippen molar-refractivity contribution in [2.24, 2.45) is 7.05 Å². The van der Waals surface area contributed by atoms with Crippen molar-refractivity contribution < 1.29 is 9.15 Å². The van der Waals surface area contributed by atoms with Crippen molar-refractivity contribution in [3.63, 3.8) is 0 Å². The predicted molar refractivity (Wildman–Crippen MR) is 136 cm³/mol. The predicted octanol–water partition coefficient (Wildman–Crippen LogP) is 5.45. The van der Waals surface area contributed by atoms with Crippen LogP contribution in [0.25, 0.3) is 33.9 Å². The second-order valence-corrected chi connectivity index (χ2v) is 9.21. The zero-order valence-electron chi connectivity index (χ0n) is 20.6. The van der Waals surface area contributed by atoms with Crippen LogP contribution in [-0.2, 0) is 7.05 Å². The van der Waals surface area contributed by atoms with E-state index < -0.39 is 0 Å². The number of fused-ring (bicyclic) bond motifs is 1. The zero-order chi connectivity index (χ0) is 24.6. The van der Waals surface area contributed by atoms with Gasteiger partial charge in [0.05, 0.1) is 24.7 Å². The first-order valence-corrected chi connectivity index (χ1v) is 12.2. The van der Waals surface area contributed by atoms with Crippen molar-refractivity contribution in [3.8, 4) is 28.6 Å². The molecule has 1 aromatic carbocycles. The summed E-state index contributed by atoms with van der Waals surface area (Å²) in [7, 11) is 3.55. The fourth-order valence-corrected chi connectivity index (χ4v) is 5.05. The van der Waals surface area contributed by atoms with Gasteiger partial charge in [-0.05, 0) is 37.1 Å². The molecular weight excluding hydrogens is 456 g/mol. The molecule has 10 nitrogen and oxygen atoms in total. The van der Waals surface area contributed by atoms with E-state index in [4.69, 9.17) is 14.1 Å². The molecule has 1 aliphatic rings. The van der Waals surface area contributed by atoms with Crippen LogP contribution in [0.3, 0.4) is 0 Å². The molecule has 0 atom stereocenters. The number of ether oxygens (including phenoxy) is 1. The Kier molecular flexibility index (Phi) is 5.63. The molecular formula is C26H28N8O2. The molecule has 184 valence electrons. The Hall–Kier alpha value is -4.21. The Morgan fingerprint density at radius 1 is 1.08 bits per heavy atom. The fraction of sp³-hybridized carbons (Fsp3) is 0.346. The van der Waals surface area contributed by atoms with Gasteiger partial charge >= 0.3 is 0 Å². The lowest BCUT2D eigenvalue weighted by Crippen LogP contribution is -2.14. The number of methoxy groups -OCH3 is 1. The quantitative estimate of drug-likeness (QED) is 0.339. The van der Waals surface area contributed by atoms with E-state index in [0.29, 0.717) is 23.6 Å². The minimum absolute atomic E-state index is 0.361. The number of rotatable bonds is 6. The maximum Gasteiger partial charge on any atom is 0.229 e. The van der Waals surface area contributed by atoms with Gasteiger partial charge in [-0.15, -0.1) is 10.2 Å². The van der Waals surface area contributed by atoms with Crippen molar-refractivity contribution in [2.45, 2.75) is 45.1 Å². The SMILES string of the molecule is COc1cc(-c2nncn2C)ccc1Nc1ncc2cc(-c3cnc(C)o3)n(C3CCCCC3)c2n1. The highest BCUT2D eigenvalue weighted by Crippen LogP contribution is 2.38. The smallest absolute Gasteiger partial charge is 0.229 e. The number of oxazole rings is 1. The molecule has 0 unspecified atom stereocenters. The van der Waals surface area contributed by atoms with Crippen molar-refractivity contribution in [2.75, 3.05) is 12.4 Å². The highest BCUT2D eigenvalue weighted by atomic mass is 16.5. The Morgan fingerprint density at radius 3 is 2.67 bits per heavy atom. The van der Waals surface area contributed by atoms with Gasteiger partial charge in [-0.2, -0.15) is 4.98 Å². The van der Waals surface area contributed by atoms with Crippen molar-refractivity contribution >= 4 is 22.7 Å². The average Bonchev–Trinajstić information content (AvgIpc) is 3.62. The first-order valence-electron chi connectivity index (χ1n) is 12.2. The number of aromatic nitrogens is 7. The zero-order valence-corrected chi connectivity index (χ0v) is 20.6. The molecule has 36 heavy (non-hydrogen) atoms. The van der Waals surface area contributed by atoms with Gasteiger partial charge in [0.2, 0.25) is 5.95 Å². The second-order valence-electron chi connectivity index (χ2n) is 9.21. The highest BCUT2D eigenvalue weighted by Gasteiger charge is 2.24. The summed E-state index contributed by atoms with van der Waals surface area (Å²) in [6.45, 7) is 1.86. The van der Waals surface area contributed by atoms with Crippen LogP contribution in [0.15, 0.2) is 47.4 Å². The molecule has 0 amide bonds. The molecule has 6 rings (SSSR count). The standard InChI is InChI=1S/C26H28N8O2/c1-16-27-14-23(36-16)21-11-18-13-28-26(31-24(18)34(21)19-7-5-4-6-8-19)30-20-10-9-17(12-22(20)35-3)25-32-29-15-33(25)2/h9-15,19H,4-8H2,1-3H3,(H,28,30,31). The molecule has 5 aromatic rings. The van der Waals surface area contributed by atoms with Crippen molar-refractivity contribution in [3.05, 3.63) is 48.9 Å². The van der Waals surface area contributed by atoms with E-state index >= 15 is 0 Å². The topological polar surface area (TPSA) is 109 Å². The molecule has 0 saturated heterocycles. The molecule has 1 aliphatic carbocycles. The van der Waals surface area contributed by atoms with E-state index in [9.17, 15) is 0 Å². The molecule has 0 aliphatic heterocycles. The van der Waals surface area contributed by atoms with Crippen LogP contribution < -0.4 is 10.1 Å². The summed E-state index contributed by atoms with van der Waals surface area (Å²) < 4.78 is 15.8. The molecule has 10 heteroatoms. The van der Waals surface area contributed by atoms with Gasteiger partial charge in [0, 0.05) is 37.2 Å². The van der Waals surface area contributed by atoms with Crippen molar-refractivity contribution in [1.29, 1.82) is 0 Å². The van der Waals surface area contributed by atoms with E-state index in [-0.39, 0.29) is 0 Å². The number of aryl methyl sites for hydroxylation is 2. The van der Waals surface area contributed by atoms with Crippen LogP contribution >= 0.6 is 0 Å². The Bertz CT molecular complexity index is 1530. The number of benzene rings is 1. The number of hydrogen-bond donors (Lipinski definition) is 1. The molecule has 1 N–H and O–H groups in total. The molecule has 0 bridgehead atoms. The maximum atomic E-state index is 5.91. The van der Waals surface area contributed by atoms with Crippen LogP contribution in [0.1, 0.15) is 44.0 Å². The largest absolute Gasteiger partial charge is 0.495 e. The number of hydrogen-bond acceptors (Lipinski definition) is 8. The monoisotopic (exact) mass is 484 g/mol. The molecule has 1 fully saturated rings. The lowest BCUT2D eigenvalue weighted by Gasteiger charge is -2.25. The van der Waals surface area contributed by atoms with Gasteiger partial charge in [0.15, 0.2) is 17.5 Å². The van der Waals surface area contributed by atoms with Crippen LogP contribution in [0.2, 0.25) is 0 Å². The van der Waals surface area contributed by atoms with E-state index in [1.54, 1.807) is 19.6 Å². The average molecular weight is 485 g/mol. The number of anilines is 2. The lowest BCUT2D eigenvalue weighted by atomic mass is 9.95. The lowest BCUT2D eigenvalue weighted by molar-refractivity contribution is 0.360. The minimum atomic E-state index is 0.361.